The van der Waals surface area contributed by atoms with Gasteiger partial charge in [-0.15, -0.1) is 0 Å². The number of hydrogen-bond acceptors (Lipinski definition) is 3. The van der Waals surface area contributed by atoms with Gasteiger partial charge in [-0.05, 0) is 10.8 Å². The largest absolute Gasteiger partial charge is 0.434 e. The fourth-order valence-corrected chi connectivity index (χ4v) is 2.15. The summed E-state index contributed by atoms with van der Waals surface area (Å²) in [4.78, 5) is 22.2. The number of ether oxygens (including phenoxy) is 1. The van der Waals surface area contributed by atoms with Crippen LogP contribution in [0.5, 0.6) is 0 Å². The number of esters is 1. The minimum absolute atomic E-state index is 0.392. The van der Waals surface area contributed by atoms with Gasteiger partial charge in [0.15, 0.2) is 0 Å². The van der Waals surface area contributed by atoms with Crippen LogP contribution in [0, 0.1) is 0 Å². The van der Waals surface area contributed by atoms with Gasteiger partial charge in [0.05, 0.1) is 5.56 Å². The van der Waals surface area contributed by atoms with E-state index in [0.29, 0.717) is 17.5 Å². The zero-order valence-electron chi connectivity index (χ0n) is 8.84. The van der Waals surface area contributed by atoms with Crippen molar-refractivity contribution in [3.8, 4) is 0 Å². The summed E-state index contributed by atoms with van der Waals surface area (Å²) in [5.41, 5.74) is 1.25. The lowest BCUT2D eigenvalue weighted by Crippen LogP contribution is -2.18. The van der Waals surface area contributed by atoms with Crippen molar-refractivity contribution >= 4 is 23.2 Å². The van der Waals surface area contributed by atoms with E-state index in [1.165, 1.54) is 0 Å². The van der Waals surface area contributed by atoms with Gasteiger partial charge in [0.2, 0.25) is 12.6 Å². The molecule has 17 heavy (non-hydrogen) atoms. The third-order valence-electron chi connectivity index (χ3n) is 2.89. The molecule has 0 fully saturated rings. The van der Waals surface area contributed by atoms with Gasteiger partial charge in [0.1, 0.15) is 0 Å². The summed E-state index contributed by atoms with van der Waals surface area (Å²) in [6.45, 7) is 0. The molecule has 3 rings (SSSR count). The van der Waals surface area contributed by atoms with E-state index in [0.717, 1.165) is 10.8 Å². The van der Waals surface area contributed by atoms with Crippen molar-refractivity contribution in [1.29, 1.82) is 0 Å². The molecule has 0 aliphatic carbocycles. The highest BCUT2D eigenvalue weighted by molar-refractivity contribution is 6.07. The Balaban J connectivity index is 2.27. The first kappa shape index (κ1) is 9.84. The average molecular weight is 227 g/mol. The Kier molecular flexibility index (Phi) is 2.08. The number of amides is 1. The first-order valence-corrected chi connectivity index (χ1v) is 5.23. The van der Waals surface area contributed by atoms with Crippen LogP contribution in [-0.2, 0) is 9.53 Å². The van der Waals surface area contributed by atoms with Crippen molar-refractivity contribution in [2.75, 3.05) is 0 Å². The van der Waals surface area contributed by atoms with Crippen LogP contribution >= 0.6 is 0 Å². The molecule has 2 aromatic carbocycles. The molecule has 0 spiro atoms. The van der Waals surface area contributed by atoms with Gasteiger partial charge >= 0.3 is 5.97 Å². The van der Waals surface area contributed by atoms with E-state index in [-0.39, 0.29) is 0 Å². The van der Waals surface area contributed by atoms with Crippen molar-refractivity contribution < 1.29 is 14.3 Å². The highest BCUT2D eigenvalue weighted by Gasteiger charge is 2.32. The Morgan fingerprint density at radius 3 is 2.82 bits per heavy atom. The minimum atomic E-state index is -0.667. The first-order valence-electron chi connectivity index (χ1n) is 5.23. The van der Waals surface area contributed by atoms with Crippen molar-refractivity contribution in [2.24, 2.45) is 0 Å². The summed E-state index contributed by atoms with van der Waals surface area (Å²) >= 11 is 0. The van der Waals surface area contributed by atoms with Gasteiger partial charge in [-0.1, -0.05) is 36.4 Å². The fourth-order valence-electron chi connectivity index (χ4n) is 2.15. The number of fused-ring (bicyclic) bond motifs is 3. The molecule has 1 atom stereocenters. The summed E-state index contributed by atoms with van der Waals surface area (Å²) in [5.74, 6) is -0.392. The van der Waals surface area contributed by atoms with Gasteiger partial charge in [0, 0.05) is 5.56 Å². The third kappa shape index (κ3) is 1.38. The molecular formula is C13H9NO3. The van der Waals surface area contributed by atoms with Crippen LogP contribution in [-0.4, -0.2) is 12.4 Å². The molecule has 1 heterocycles. The van der Waals surface area contributed by atoms with Crippen molar-refractivity contribution in [2.45, 2.75) is 6.23 Å². The molecule has 1 aliphatic heterocycles. The summed E-state index contributed by atoms with van der Waals surface area (Å²) in [6.07, 6.45) is -0.137. The Labute approximate surface area is 97.2 Å². The van der Waals surface area contributed by atoms with E-state index < -0.39 is 12.2 Å². The van der Waals surface area contributed by atoms with E-state index in [1.807, 2.05) is 36.4 Å². The molecule has 4 nitrogen and oxygen atoms in total. The Morgan fingerprint density at radius 1 is 1.18 bits per heavy atom. The monoisotopic (exact) mass is 227 g/mol. The number of carbonyl (C=O) groups excluding carboxylic acids is 2. The van der Waals surface area contributed by atoms with Crippen LogP contribution in [0.15, 0.2) is 36.4 Å². The SMILES string of the molecule is O=CNC1OC(=O)c2c1ccc1ccccc21. The standard InChI is InChI=1S/C13H9NO3/c15-7-14-12-10-6-5-8-3-1-2-4-9(8)11(10)13(16)17-12/h1-7,12H,(H,14,15). The lowest BCUT2D eigenvalue weighted by Gasteiger charge is -2.08. The second-order valence-corrected chi connectivity index (χ2v) is 3.82. The highest BCUT2D eigenvalue weighted by Crippen LogP contribution is 2.33. The van der Waals surface area contributed by atoms with E-state index in [4.69, 9.17) is 4.74 Å². The molecular weight excluding hydrogens is 218 g/mol. The average Bonchev–Trinajstić information content (AvgIpc) is 2.67. The lowest BCUT2D eigenvalue weighted by atomic mass is 10.00. The molecule has 84 valence electrons. The molecule has 1 unspecified atom stereocenters. The van der Waals surface area contributed by atoms with Crippen molar-refractivity contribution in [3.05, 3.63) is 47.5 Å². The minimum Gasteiger partial charge on any atom is -0.434 e. The molecule has 0 bridgehead atoms. The molecule has 1 N–H and O–H groups in total. The Bertz CT molecular complexity index is 621. The lowest BCUT2D eigenvalue weighted by molar-refractivity contribution is -0.112. The summed E-state index contributed by atoms with van der Waals surface area (Å²) in [5, 5.41) is 4.31. The Hall–Kier alpha value is -2.36. The van der Waals surface area contributed by atoms with Gasteiger partial charge in [-0.3, -0.25) is 4.79 Å². The van der Waals surface area contributed by atoms with Crippen molar-refractivity contribution in [1.82, 2.24) is 5.32 Å². The maximum absolute atomic E-state index is 11.8. The molecule has 0 radical (unpaired) electrons. The van der Waals surface area contributed by atoms with Crippen LogP contribution in [0.1, 0.15) is 22.1 Å². The number of hydrogen-bond donors (Lipinski definition) is 1. The van der Waals surface area contributed by atoms with E-state index in [9.17, 15) is 9.59 Å². The highest BCUT2D eigenvalue weighted by atomic mass is 16.6. The number of carbonyl (C=O) groups is 2. The predicted molar refractivity (Wildman–Crippen MR) is 61.3 cm³/mol. The quantitative estimate of drug-likeness (QED) is 0.628. The second kappa shape index (κ2) is 3.59. The molecule has 0 aromatic heterocycles. The maximum Gasteiger partial charge on any atom is 0.341 e. The summed E-state index contributed by atoms with van der Waals surface area (Å²) in [7, 11) is 0. The second-order valence-electron chi connectivity index (χ2n) is 3.82. The van der Waals surface area contributed by atoms with E-state index >= 15 is 0 Å². The molecule has 1 aliphatic rings. The first-order chi connectivity index (χ1) is 8.31. The number of cyclic esters (lactones) is 1. The zero-order valence-corrected chi connectivity index (χ0v) is 8.84. The maximum atomic E-state index is 11.8. The van der Waals surface area contributed by atoms with E-state index in [1.54, 1.807) is 0 Å². The van der Waals surface area contributed by atoms with E-state index in [2.05, 4.69) is 5.32 Å². The summed E-state index contributed by atoms with van der Waals surface area (Å²) < 4.78 is 5.10. The summed E-state index contributed by atoms with van der Waals surface area (Å²) in [6, 6.07) is 11.3. The number of nitrogens with one attached hydrogen (secondary N) is 1. The van der Waals surface area contributed by atoms with Gasteiger partial charge in [0.25, 0.3) is 0 Å². The predicted octanol–water partition coefficient (Wildman–Crippen LogP) is 1.75. The zero-order chi connectivity index (χ0) is 11.8. The van der Waals surface area contributed by atoms with Crippen LogP contribution in [0.2, 0.25) is 0 Å². The number of benzene rings is 2. The van der Waals surface area contributed by atoms with Gasteiger partial charge < -0.3 is 10.1 Å². The van der Waals surface area contributed by atoms with Crippen LogP contribution in [0.4, 0.5) is 0 Å². The topological polar surface area (TPSA) is 55.4 Å². The number of rotatable bonds is 2. The van der Waals surface area contributed by atoms with Gasteiger partial charge in [-0.25, -0.2) is 4.79 Å². The molecule has 2 aromatic rings. The molecule has 1 amide bonds. The van der Waals surface area contributed by atoms with Crippen molar-refractivity contribution in [3.63, 3.8) is 0 Å². The van der Waals surface area contributed by atoms with Crippen LogP contribution in [0.3, 0.4) is 0 Å². The normalized spacial score (nSPS) is 17.6. The van der Waals surface area contributed by atoms with Crippen LogP contribution in [0.25, 0.3) is 10.8 Å². The smallest absolute Gasteiger partial charge is 0.341 e. The van der Waals surface area contributed by atoms with Gasteiger partial charge in [-0.2, -0.15) is 0 Å². The molecule has 4 heteroatoms. The molecule has 0 saturated carbocycles. The fraction of sp³-hybridized carbons (Fsp3) is 0.0769. The Morgan fingerprint density at radius 2 is 2.00 bits per heavy atom. The molecule has 0 saturated heterocycles. The third-order valence-corrected chi connectivity index (χ3v) is 2.89. The van der Waals surface area contributed by atoms with Crippen LogP contribution < -0.4 is 5.32 Å².